The van der Waals surface area contributed by atoms with Crippen LogP contribution in [-0.4, -0.2) is 69.3 Å². The zero-order valence-electron chi connectivity index (χ0n) is 16.8. The molecule has 1 aliphatic heterocycles. The normalized spacial score (nSPS) is 16.7. The van der Waals surface area contributed by atoms with Crippen LogP contribution in [0.2, 0.25) is 0 Å². The highest BCUT2D eigenvalue weighted by molar-refractivity contribution is 7.80. The highest BCUT2D eigenvalue weighted by Gasteiger charge is 2.23. The molecule has 0 atom stereocenters. The number of nitrogens with one attached hydrogen (secondary N) is 1. The molecule has 1 amide bonds. The summed E-state index contributed by atoms with van der Waals surface area (Å²) in [5.41, 5.74) is 7.44. The number of nitrogens with two attached hydrogens (primary N) is 1. The Labute approximate surface area is 184 Å². The second kappa shape index (κ2) is 9.13. The van der Waals surface area contributed by atoms with Gasteiger partial charge in [0.05, 0.1) is 24.2 Å². The second-order valence-electron chi connectivity index (χ2n) is 7.28. The molecule has 4 N–H and O–H groups in total. The number of nitrogens with zero attached hydrogens (tertiary/aromatic N) is 5. The van der Waals surface area contributed by atoms with Gasteiger partial charge in [0.25, 0.3) is 0 Å². The molecule has 0 spiro atoms. The van der Waals surface area contributed by atoms with Gasteiger partial charge >= 0.3 is 6.09 Å². The number of hydrogen-bond donors (Lipinski definition) is 3. The van der Waals surface area contributed by atoms with E-state index < -0.39 is 6.09 Å². The van der Waals surface area contributed by atoms with E-state index >= 15 is 0 Å². The van der Waals surface area contributed by atoms with Crippen LogP contribution >= 0.6 is 12.2 Å². The Hall–Kier alpha value is -3.47. The zero-order chi connectivity index (χ0) is 21.8. The van der Waals surface area contributed by atoms with Gasteiger partial charge in [-0.1, -0.05) is 0 Å². The number of hydrogen-bond acceptors (Lipinski definition) is 6. The van der Waals surface area contributed by atoms with Crippen molar-refractivity contribution in [3.05, 3.63) is 42.4 Å². The molecule has 1 aliphatic carbocycles. The summed E-state index contributed by atoms with van der Waals surface area (Å²) in [6.07, 6.45) is 4.94. The van der Waals surface area contributed by atoms with Crippen LogP contribution in [0.15, 0.2) is 41.7 Å². The number of carboxylic acid groups (broad SMARTS) is 1. The van der Waals surface area contributed by atoms with Gasteiger partial charge in [0.1, 0.15) is 17.3 Å². The minimum Gasteiger partial charge on any atom is -0.489 e. The maximum Gasteiger partial charge on any atom is 0.407 e. The monoisotopic (exact) mass is 441 g/mol. The van der Waals surface area contributed by atoms with E-state index in [-0.39, 0.29) is 10.9 Å². The minimum absolute atomic E-state index is 0.174. The van der Waals surface area contributed by atoms with Gasteiger partial charge in [0.15, 0.2) is 10.9 Å². The van der Waals surface area contributed by atoms with Crippen molar-refractivity contribution in [1.29, 1.82) is 0 Å². The summed E-state index contributed by atoms with van der Waals surface area (Å²) in [4.78, 5) is 27.3. The van der Waals surface area contributed by atoms with Crippen molar-refractivity contribution in [3.8, 4) is 5.75 Å². The Balaban J connectivity index is 1.31. The molecule has 2 aliphatic rings. The molecule has 2 aromatic heterocycles. The first-order valence-corrected chi connectivity index (χ1v) is 10.4. The third kappa shape index (κ3) is 5.57. The SMILES string of the molecule is NC(=NC(=S)Nc1ccc(N2CCN(C(=O)O)CC2)cn1)c1ccc(OC2CC2)cn1. The molecule has 31 heavy (non-hydrogen) atoms. The second-order valence-corrected chi connectivity index (χ2v) is 7.67. The minimum atomic E-state index is -0.886. The van der Waals surface area contributed by atoms with Gasteiger partial charge in [-0.05, 0) is 49.3 Å². The van der Waals surface area contributed by atoms with Gasteiger partial charge in [-0.3, -0.25) is 0 Å². The Bertz CT molecular complexity index is 969. The van der Waals surface area contributed by atoms with E-state index in [9.17, 15) is 4.79 Å². The third-order valence-electron chi connectivity index (χ3n) is 4.95. The van der Waals surface area contributed by atoms with Crippen molar-refractivity contribution < 1.29 is 14.6 Å². The zero-order valence-corrected chi connectivity index (χ0v) is 17.6. The molecule has 10 nitrogen and oxygen atoms in total. The van der Waals surface area contributed by atoms with E-state index in [1.54, 1.807) is 24.5 Å². The number of anilines is 2. The Morgan fingerprint density at radius 2 is 1.94 bits per heavy atom. The van der Waals surface area contributed by atoms with E-state index in [2.05, 4.69) is 25.2 Å². The molecule has 2 aromatic rings. The number of ether oxygens (including phenoxy) is 1. The van der Waals surface area contributed by atoms with Crippen LogP contribution in [0.3, 0.4) is 0 Å². The molecule has 0 unspecified atom stereocenters. The van der Waals surface area contributed by atoms with E-state index in [0.29, 0.717) is 49.5 Å². The van der Waals surface area contributed by atoms with Crippen LogP contribution in [0.25, 0.3) is 0 Å². The van der Waals surface area contributed by atoms with Gasteiger partial charge in [-0.25, -0.2) is 19.8 Å². The van der Waals surface area contributed by atoms with Crippen LogP contribution in [0.1, 0.15) is 18.5 Å². The van der Waals surface area contributed by atoms with Crippen molar-refractivity contribution in [1.82, 2.24) is 14.9 Å². The smallest absolute Gasteiger partial charge is 0.407 e. The maximum atomic E-state index is 11.0. The third-order valence-corrected chi connectivity index (χ3v) is 5.14. The quantitative estimate of drug-likeness (QED) is 0.362. The van der Waals surface area contributed by atoms with Crippen molar-refractivity contribution in [3.63, 3.8) is 0 Å². The lowest BCUT2D eigenvalue weighted by Gasteiger charge is -2.34. The summed E-state index contributed by atoms with van der Waals surface area (Å²) in [5, 5.41) is 12.2. The van der Waals surface area contributed by atoms with Crippen LogP contribution in [0.5, 0.6) is 5.75 Å². The molecule has 0 radical (unpaired) electrons. The number of piperazine rings is 1. The fourth-order valence-electron chi connectivity index (χ4n) is 3.09. The maximum absolute atomic E-state index is 11.0. The first kappa shape index (κ1) is 20.8. The lowest BCUT2D eigenvalue weighted by molar-refractivity contribution is 0.142. The average Bonchev–Trinajstić information content (AvgIpc) is 3.59. The fraction of sp³-hybridized carbons (Fsp3) is 0.350. The topological polar surface area (TPSA) is 129 Å². The molecular formula is C20H23N7O3S. The molecule has 1 saturated heterocycles. The van der Waals surface area contributed by atoms with Gasteiger partial charge in [0.2, 0.25) is 0 Å². The van der Waals surface area contributed by atoms with Gasteiger partial charge in [-0.15, -0.1) is 0 Å². The predicted molar refractivity (Wildman–Crippen MR) is 121 cm³/mol. The largest absolute Gasteiger partial charge is 0.489 e. The number of aromatic nitrogens is 2. The van der Waals surface area contributed by atoms with Gasteiger partial charge in [-0.2, -0.15) is 0 Å². The van der Waals surface area contributed by atoms with Crippen molar-refractivity contribution in [2.24, 2.45) is 10.7 Å². The highest BCUT2D eigenvalue weighted by atomic mass is 32.1. The van der Waals surface area contributed by atoms with Crippen LogP contribution < -0.4 is 20.7 Å². The van der Waals surface area contributed by atoms with Crippen molar-refractivity contribution in [2.45, 2.75) is 18.9 Å². The van der Waals surface area contributed by atoms with Gasteiger partial charge < -0.3 is 30.7 Å². The molecule has 11 heteroatoms. The molecular weight excluding hydrogens is 418 g/mol. The summed E-state index contributed by atoms with van der Waals surface area (Å²) in [6, 6.07) is 7.26. The molecule has 162 valence electrons. The Morgan fingerprint density at radius 1 is 1.16 bits per heavy atom. The Morgan fingerprint density at radius 3 is 2.52 bits per heavy atom. The lowest BCUT2D eigenvalue weighted by atomic mass is 10.3. The predicted octanol–water partition coefficient (Wildman–Crippen LogP) is 1.92. The molecule has 4 rings (SSSR count). The van der Waals surface area contributed by atoms with Crippen molar-refractivity contribution >= 4 is 40.8 Å². The van der Waals surface area contributed by atoms with E-state index in [1.807, 2.05) is 12.1 Å². The lowest BCUT2D eigenvalue weighted by Crippen LogP contribution is -2.48. The molecule has 1 saturated carbocycles. The van der Waals surface area contributed by atoms with E-state index in [1.165, 1.54) is 4.90 Å². The highest BCUT2D eigenvalue weighted by Crippen LogP contribution is 2.26. The number of pyridine rings is 2. The fourth-order valence-corrected chi connectivity index (χ4v) is 3.29. The standard InChI is InChI=1S/C20H23N7O3S/c21-18(16-5-4-15(12-22-16)30-14-2-3-14)25-19(31)24-17-6-1-13(11-23-17)26-7-9-27(10-8-26)20(28)29/h1,4-6,11-12,14H,2-3,7-10H2,(H,28,29)(H3,21,23,24,25,31). The summed E-state index contributed by atoms with van der Waals surface area (Å²) < 4.78 is 5.67. The Kier molecular flexibility index (Phi) is 6.12. The summed E-state index contributed by atoms with van der Waals surface area (Å²) in [5.74, 6) is 1.45. The number of thiocarbonyl (C=S) groups is 1. The molecule has 2 fully saturated rings. The van der Waals surface area contributed by atoms with Gasteiger partial charge in [0, 0.05) is 26.2 Å². The van der Waals surface area contributed by atoms with Crippen LogP contribution in [0, 0.1) is 0 Å². The van der Waals surface area contributed by atoms with Crippen LogP contribution in [0.4, 0.5) is 16.3 Å². The first-order chi connectivity index (χ1) is 15.0. The molecule has 0 aromatic carbocycles. The molecule has 3 heterocycles. The number of carbonyl (C=O) groups is 1. The number of rotatable bonds is 5. The van der Waals surface area contributed by atoms with E-state index in [0.717, 1.165) is 18.5 Å². The number of amidine groups is 1. The van der Waals surface area contributed by atoms with Crippen LogP contribution in [-0.2, 0) is 0 Å². The molecule has 0 bridgehead atoms. The number of aliphatic imine (C=N–C) groups is 1. The number of amides is 1. The average molecular weight is 442 g/mol. The first-order valence-electron chi connectivity index (χ1n) is 9.95. The summed E-state index contributed by atoms with van der Waals surface area (Å²) in [6.45, 7) is 2.18. The van der Waals surface area contributed by atoms with E-state index in [4.69, 9.17) is 27.8 Å². The summed E-state index contributed by atoms with van der Waals surface area (Å²) >= 11 is 5.26. The van der Waals surface area contributed by atoms with Crippen molar-refractivity contribution in [2.75, 3.05) is 36.4 Å². The summed E-state index contributed by atoms with van der Waals surface area (Å²) in [7, 11) is 0.